The summed E-state index contributed by atoms with van der Waals surface area (Å²) in [6.07, 6.45) is 1.44. The van der Waals surface area contributed by atoms with E-state index in [9.17, 15) is 14.7 Å². The molecule has 2 aliphatic rings. The molecular formula is C15H19N2O3+. The Morgan fingerprint density at radius 3 is 2.40 bits per heavy atom. The highest BCUT2D eigenvalue weighted by atomic mass is 16.3. The van der Waals surface area contributed by atoms with E-state index in [0.717, 1.165) is 18.0 Å². The van der Waals surface area contributed by atoms with E-state index in [0.29, 0.717) is 18.5 Å². The van der Waals surface area contributed by atoms with E-state index in [1.54, 1.807) is 12.1 Å². The highest BCUT2D eigenvalue weighted by molar-refractivity contribution is 6.21. The van der Waals surface area contributed by atoms with E-state index in [4.69, 9.17) is 0 Å². The van der Waals surface area contributed by atoms with Gasteiger partial charge in [-0.3, -0.25) is 9.59 Å². The number of carbonyl (C=O) groups excluding carboxylic acids is 2. The van der Waals surface area contributed by atoms with Crippen LogP contribution in [0.25, 0.3) is 0 Å². The van der Waals surface area contributed by atoms with Gasteiger partial charge in [-0.15, -0.1) is 0 Å². The molecule has 0 aromatic heterocycles. The molecule has 0 spiro atoms. The number of aliphatic hydroxyl groups is 1. The lowest BCUT2D eigenvalue weighted by Gasteiger charge is -2.29. The number of hydrogen-bond acceptors (Lipinski definition) is 3. The van der Waals surface area contributed by atoms with Crippen molar-refractivity contribution in [1.82, 2.24) is 0 Å². The second-order valence-corrected chi connectivity index (χ2v) is 5.55. The Morgan fingerprint density at radius 1 is 1.10 bits per heavy atom. The van der Waals surface area contributed by atoms with Crippen molar-refractivity contribution in [2.75, 3.05) is 18.0 Å². The Hall–Kier alpha value is -1.72. The number of hydrogen-bond donors (Lipinski definition) is 2. The van der Waals surface area contributed by atoms with Gasteiger partial charge < -0.3 is 10.0 Å². The number of anilines is 1. The predicted octanol–water partition coefficient (Wildman–Crippen LogP) is -0.642. The van der Waals surface area contributed by atoms with Crippen LogP contribution in [-0.4, -0.2) is 42.2 Å². The number of piperidine rings is 1. The average Bonchev–Trinajstić information content (AvgIpc) is 2.76. The minimum atomic E-state index is -0.282. The lowest BCUT2D eigenvalue weighted by atomic mass is 10.1. The number of rotatable bonds is 2. The van der Waals surface area contributed by atoms with Gasteiger partial charge in [-0.1, -0.05) is 18.2 Å². The summed E-state index contributed by atoms with van der Waals surface area (Å²) in [7, 11) is 0. The number of nitrogens with one attached hydrogen (secondary N) is 1. The quantitative estimate of drug-likeness (QED) is 0.706. The first-order valence-electron chi connectivity index (χ1n) is 7.11. The van der Waals surface area contributed by atoms with Crippen molar-refractivity contribution in [3.63, 3.8) is 0 Å². The minimum Gasteiger partial charge on any atom is -0.393 e. The summed E-state index contributed by atoms with van der Waals surface area (Å²) in [5, 5.41) is 9.54. The Kier molecular flexibility index (Phi) is 3.54. The molecule has 5 heteroatoms. The molecule has 2 saturated heterocycles. The smallest absolute Gasteiger partial charge is 0.292 e. The first-order chi connectivity index (χ1) is 9.66. The number of para-hydroxylation sites is 1. The van der Waals surface area contributed by atoms with Crippen LogP contribution in [0.4, 0.5) is 5.69 Å². The molecule has 0 bridgehead atoms. The number of imide groups is 1. The normalized spacial score (nSPS) is 30.9. The fourth-order valence-corrected chi connectivity index (χ4v) is 3.12. The van der Waals surface area contributed by atoms with Crippen molar-refractivity contribution in [3.8, 4) is 0 Å². The molecule has 2 N–H and O–H groups in total. The summed E-state index contributed by atoms with van der Waals surface area (Å²) >= 11 is 0. The third kappa shape index (κ3) is 2.34. The van der Waals surface area contributed by atoms with Crippen molar-refractivity contribution in [2.45, 2.75) is 31.4 Å². The second kappa shape index (κ2) is 5.34. The van der Waals surface area contributed by atoms with E-state index >= 15 is 0 Å². The van der Waals surface area contributed by atoms with Gasteiger partial charge in [-0.25, -0.2) is 4.90 Å². The Labute approximate surface area is 117 Å². The van der Waals surface area contributed by atoms with Crippen LogP contribution in [0.15, 0.2) is 30.3 Å². The molecule has 1 unspecified atom stereocenters. The summed E-state index contributed by atoms with van der Waals surface area (Å²) in [6, 6.07) is 8.81. The topological polar surface area (TPSA) is 62.1 Å². The van der Waals surface area contributed by atoms with Gasteiger partial charge in [0.1, 0.15) is 0 Å². The molecule has 0 radical (unpaired) electrons. The maximum atomic E-state index is 12.5. The molecule has 3 rings (SSSR count). The summed E-state index contributed by atoms with van der Waals surface area (Å²) in [5.74, 6) is -0.225. The highest BCUT2D eigenvalue weighted by Crippen LogP contribution is 2.21. The molecule has 2 heterocycles. The van der Waals surface area contributed by atoms with Crippen LogP contribution in [0.5, 0.6) is 0 Å². The van der Waals surface area contributed by atoms with Gasteiger partial charge in [0.25, 0.3) is 5.91 Å². The maximum Gasteiger partial charge on any atom is 0.292 e. The molecule has 5 nitrogen and oxygen atoms in total. The number of benzene rings is 1. The number of aliphatic hydroxyl groups excluding tert-OH is 1. The van der Waals surface area contributed by atoms with Crippen molar-refractivity contribution in [2.24, 2.45) is 0 Å². The van der Waals surface area contributed by atoms with Crippen molar-refractivity contribution in [1.29, 1.82) is 0 Å². The van der Waals surface area contributed by atoms with Gasteiger partial charge in [-0.2, -0.15) is 0 Å². The van der Waals surface area contributed by atoms with E-state index in [2.05, 4.69) is 0 Å². The van der Waals surface area contributed by atoms with Crippen LogP contribution >= 0.6 is 0 Å². The second-order valence-electron chi connectivity index (χ2n) is 5.55. The van der Waals surface area contributed by atoms with Crippen LogP contribution in [0, 0.1) is 0 Å². The van der Waals surface area contributed by atoms with Gasteiger partial charge in [0.15, 0.2) is 6.04 Å². The largest absolute Gasteiger partial charge is 0.393 e. The molecule has 106 valence electrons. The van der Waals surface area contributed by atoms with Crippen molar-refractivity contribution in [3.05, 3.63) is 30.3 Å². The molecule has 2 amide bonds. The molecule has 2 fully saturated rings. The molecule has 0 aliphatic carbocycles. The number of quaternary nitrogens is 1. The fraction of sp³-hybridized carbons (Fsp3) is 0.467. The van der Waals surface area contributed by atoms with E-state index in [1.807, 2.05) is 18.2 Å². The molecule has 1 aromatic rings. The van der Waals surface area contributed by atoms with Gasteiger partial charge >= 0.3 is 0 Å². The molecular weight excluding hydrogens is 256 g/mol. The lowest BCUT2D eigenvalue weighted by Crippen LogP contribution is -3.17. The number of likely N-dealkylation sites (tertiary alicyclic amines) is 1. The third-order valence-electron chi connectivity index (χ3n) is 4.25. The number of nitrogens with zero attached hydrogens (tertiary/aromatic N) is 1. The molecule has 2 aliphatic heterocycles. The first kappa shape index (κ1) is 13.3. The standard InChI is InChI=1S/C15H18N2O3/c18-12-6-8-16(9-7-12)13-10-14(19)17(15(13)20)11-4-2-1-3-5-11/h1-5,12-13,18H,6-10H2/p+1. The van der Waals surface area contributed by atoms with Crippen molar-refractivity contribution >= 4 is 17.5 Å². The summed E-state index contributed by atoms with van der Waals surface area (Å²) in [6.45, 7) is 1.51. The van der Waals surface area contributed by atoms with E-state index < -0.39 is 0 Å². The van der Waals surface area contributed by atoms with Crippen LogP contribution in [0.2, 0.25) is 0 Å². The number of amides is 2. The predicted molar refractivity (Wildman–Crippen MR) is 73.3 cm³/mol. The highest BCUT2D eigenvalue weighted by Gasteiger charge is 2.46. The first-order valence-corrected chi connectivity index (χ1v) is 7.11. The molecule has 0 saturated carbocycles. The van der Waals surface area contributed by atoms with Gasteiger partial charge in [-0.05, 0) is 12.1 Å². The summed E-state index contributed by atoms with van der Waals surface area (Å²) in [5.41, 5.74) is 0.654. The zero-order valence-electron chi connectivity index (χ0n) is 11.3. The van der Waals surface area contributed by atoms with Crippen LogP contribution < -0.4 is 9.80 Å². The number of carbonyl (C=O) groups is 2. The Morgan fingerprint density at radius 2 is 1.75 bits per heavy atom. The maximum absolute atomic E-state index is 12.5. The zero-order valence-corrected chi connectivity index (χ0v) is 11.3. The SMILES string of the molecule is O=C1CC([NH+]2CCC(O)CC2)C(=O)N1c1ccccc1. The monoisotopic (exact) mass is 275 g/mol. The summed E-state index contributed by atoms with van der Waals surface area (Å²) < 4.78 is 0. The van der Waals surface area contributed by atoms with E-state index in [-0.39, 0.29) is 30.4 Å². The minimum absolute atomic E-state index is 0.104. The lowest BCUT2D eigenvalue weighted by molar-refractivity contribution is -0.920. The summed E-state index contributed by atoms with van der Waals surface area (Å²) in [4.78, 5) is 27.1. The van der Waals surface area contributed by atoms with Gasteiger partial charge in [0.2, 0.25) is 5.91 Å². The average molecular weight is 275 g/mol. The van der Waals surface area contributed by atoms with Crippen LogP contribution in [-0.2, 0) is 9.59 Å². The van der Waals surface area contributed by atoms with Crippen LogP contribution in [0.1, 0.15) is 19.3 Å². The van der Waals surface area contributed by atoms with Crippen molar-refractivity contribution < 1.29 is 19.6 Å². The van der Waals surface area contributed by atoms with Gasteiger partial charge in [0.05, 0.1) is 31.3 Å². The Balaban J connectivity index is 1.77. The molecule has 1 aromatic carbocycles. The van der Waals surface area contributed by atoms with E-state index in [1.165, 1.54) is 4.90 Å². The third-order valence-corrected chi connectivity index (χ3v) is 4.25. The fourth-order valence-electron chi connectivity index (χ4n) is 3.12. The van der Waals surface area contributed by atoms with Crippen LogP contribution in [0.3, 0.4) is 0 Å². The Bertz CT molecular complexity index is 509. The zero-order chi connectivity index (χ0) is 14.1. The molecule has 20 heavy (non-hydrogen) atoms. The molecule has 1 atom stereocenters. The van der Waals surface area contributed by atoms with Gasteiger partial charge in [0, 0.05) is 12.8 Å².